The molecule has 1 aromatic carbocycles. The second kappa shape index (κ2) is 10.00. The predicted molar refractivity (Wildman–Crippen MR) is 117 cm³/mol. The highest BCUT2D eigenvalue weighted by Crippen LogP contribution is 2.24. The number of carbonyl (C=O) groups is 1. The molecular formula is C22H30F2N6O. The van der Waals surface area contributed by atoms with E-state index in [4.69, 9.17) is 0 Å². The van der Waals surface area contributed by atoms with Crippen molar-refractivity contribution in [2.24, 2.45) is 0 Å². The number of nitrogens with zero attached hydrogens (tertiary/aromatic N) is 3. The first-order valence-electron chi connectivity index (χ1n) is 10.5. The minimum absolute atomic E-state index is 0.0305. The molecule has 1 saturated carbocycles. The van der Waals surface area contributed by atoms with Gasteiger partial charge in [-0.3, -0.25) is 4.79 Å². The number of aromatic nitrogens is 2. The Morgan fingerprint density at radius 3 is 2.42 bits per heavy atom. The van der Waals surface area contributed by atoms with Crippen LogP contribution >= 0.6 is 0 Å². The van der Waals surface area contributed by atoms with Gasteiger partial charge in [0, 0.05) is 37.9 Å². The molecular weight excluding hydrogens is 402 g/mol. The van der Waals surface area contributed by atoms with Crippen LogP contribution in [0.25, 0.3) is 0 Å². The molecule has 3 N–H and O–H groups in total. The van der Waals surface area contributed by atoms with Crippen LogP contribution in [0.5, 0.6) is 0 Å². The first kappa shape index (κ1) is 22.9. The molecule has 3 rings (SSSR count). The van der Waals surface area contributed by atoms with Crippen molar-refractivity contribution >= 4 is 17.7 Å². The molecule has 168 valence electrons. The number of hydrogen-bond acceptors (Lipinski definition) is 6. The highest BCUT2D eigenvalue weighted by molar-refractivity contribution is 5.83. The number of amides is 1. The Hall–Kier alpha value is -2.81. The van der Waals surface area contributed by atoms with E-state index < -0.39 is 17.7 Å². The number of halogens is 2. The van der Waals surface area contributed by atoms with Gasteiger partial charge in [0.25, 0.3) is 0 Å². The largest absolute Gasteiger partial charge is 0.362 e. The molecule has 1 aliphatic rings. The average Bonchev–Trinajstić information content (AvgIpc) is 2.73. The Bertz CT molecular complexity index is 915. The van der Waals surface area contributed by atoms with Crippen molar-refractivity contribution in [1.82, 2.24) is 20.6 Å². The zero-order valence-corrected chi connectivity index (χ0v) is 18.4. The summed E-state index contributed by atoms with van der Waals surface area (Å²) in [7, 11) is 5.52. The molecule has 1 aliphatic carbocycles. The van der Waals surface area contributed by atoms with Gasteiger partial charge in [0.05, 0.1) is 0 Å². The summed E-state index contributed by atoms with van der Waals surface area (Å²) in [6.45, 7) is 1.98. The molecule has 0 spiro atoms. The van der Waals surface area contributed by atoms with Crippen LogP contribution in [0.3, 0.4) is 0 Å². The number of benzene rings is 1. The minimum atomic E-state index is -0.965. The van der Waals surface area contributed by atoms with E-state index in [9.17, 15) is 13.6 Å². The minimum Gasteiger partial charge on any atom is -0.362 e. The van der Waals surface area contributed by atoms with Gasteiger partial charge in [0.15, 0.2) is 11.6 Å². The van der Waals surface area contributed by atoms with Crippen molar-refractivity contribution in [3.8, 4) is 0 Å². The van der Waals surface area contributed by atoms with Crippen LogP contribution in [0.15, 0.2) is 24.4 Å². The Morgan fingerprint density at radius 1 is 1.13 bits per heavy atom. The van der Waals surface area contributed by atoms with Crippen molar-refractivity contribution < 1.29 is 13.6 Å². The second-order valence-corrected chi connectivity index (χ2v) is 8.19. The van der Waals surface area contributed by atoms with Gasteiger partial charge in [-0.1, -0.05) is 6.07 Å². The molecule has 1 atom stereocenters. The predicted octanol–water partition coefficient (Wildman–Crippen LogP) is 2.93. The van der Waals surface area contributed by atoms with Crippen LogP contribution in [-0.4, -0.2) is 49.1 Å². The van der Waals surface area contributed by atoms with Gasteiger partial charge in [-0.15, -0.1) is 0 Å². The summed E-state index contributed by atoms with van der Waals surface area (Å²) < 4.78 is 26.8. The smallest absolute Gasteiger partial charge is 0.241 e. The molecule has 1 heterocycles. The molecule has 7 nitrogen and oxygen atoms in total. The number of hydrogen-bond donors (Lipinski definition) is 3. The van der Waals surface area contributed by atoms with Gasteiger partial charge in [0.2, 0.25) is 11.9 Å². The van der Waals surface area contributed by atoms with E-state index in [1.54, 1.807) is 7.05 Å². The maximum absolute atomic E-state index is 13.6. The summed E-state index contributed by atoms with van der Waals surface area (Å²) in [5.74, 6) is -0.653. The van der Waals surface area contributed by atoms with Gasteiger partial charge in [0.1, 0.15) is 11.9 Å². The van der Waals surface area contributed by atoms with Crippen molar-refractivity contribution in [1.29, 1.82) is 0 Å². The monoisotopic (exact) mass is 432 g/mol. The number of aryl methyl sites for hydroxylation is 1. The van der Waals surface area contributed by atoms with E-state index in [2.05, 4.69) is 25.9 Å². The first-order chi connectivity index (χ1) is 14.8. The Labute approximate surface area is 181 Å². The van der Waals surface area contributed by atoms with E-state index in [0.29, 0.717) is 11.5 Å². The average molecular weight is 433 g/mol. The molecule has 0 radical (unpaired) electrons. The molecule has 1 fully saturated rings. The summed E-state index contributed by atoms with van der Waals surface area (Å²) in [4.78, 5) is 23.6. The second-order valence-electron chi connectivity index (χ2n) is 8.19. The van der Waals surface area contributed by atoms with Crippen LogP contribution in [-0.2, 0) is 4.79 Å². The molecule has 1 aromatic heterocycles. The maximum Gasteiger partial charge on any atom is 0.241 e. The molecule has 1 amide bonds. The normalized spacial score (nSPS) is 19.5. The van der Waals surface area contributed by atoms with Crippen molar-refractivity contribution in [2.45, 2.75) is 50.7 Å². The van der Waals surface area contributed by atoms with Gasteiger partial charge in [-0.05, 0) is 57.4 Å². The third-order valence-electron chi connectivity index (χ3n) is 5.60. The number of anilines is 2. The standard InChI is InChI=1S/C22H30F2N6O/c1-13-12-26-22(29-20(13)30(3)4)28-16-8-6-15(7-9-16)27-21(31)19(25-2)14-5-10-17(23)18(24)11-14/h5,10-12,15-16,19,25H,6-9H2,1-4H3,(H,27,31)(H,26,28,29). The van der Waals surface area contributed by atoms with E-state index in [1.807, 2.05) is 32.1 Å². The third-order valence-corrected chi connectivity index (χ3v) is 5.60. The van der Waals surface area contributed by atoms with Crippen LogP contribution in [0.4, 0.5) is 20.5 Å². The first-order valence-corrected chi connectivity index (χ1v) is 10.5. The number of carbonyl (C=O) groups excluding carboxylic acids is 1. The van der Waals surface area contributed by atoms with Gasteiger partial charge in [-0.2, -0.15) is 4.98 Å². The number of likely N-dealkylation sites (N-methyl/N-ethyl adjacent to an activating group) is 1. The summed E-state index contributed by atoms with van der Waals surface area (Å²) in [5, 5.41) is 9.31. The zero-order valence-electron chi connectivity index (χ0n) is 18.4. The molecule has 1 unspecified atom stereocenters. The lowest BCUT2D eigenvalue weighted by molar-refractivity contribution is -0.124. The van der Waals surface area contributed by atoms with Crippen molar-refractivity contribution in [2.75, 3.05) is 31.4 Å². The maximum atomic E-state index is 13.6. The third kappa shape index (κ3) is 5.66. The SMILES string of the molecule is CNC(C(=O)NC1CCC(Nc2ncc(C)c(N(C)C)n2)CC1)c1ccc(F)c(F)c1. The quantitative estimate of drug-likeness (QED) is 0.624. The van der Waals surface area contributed by atoms with E-state index >= 15 is 0 Å². The van der Waals surface area contributed by atoms with Crippen LogP contribution < -0.4 is 20.9 Å². The molecule has 2 aromatic rings. The molecule has 31 heavy (non-hydrogen) atoms. The fourth-order valence-corrected chi connectivity index (χ4v) is 3.95. The topological polar surface area (TPSA) is 82.2 Å². The van der Waals surface area contributed by atoms with E-state index in [0.717, 1.165) is 49.2 Å². The lowest BCUT2D eigenvalue weighted by Gasteiger charge is -2.31. The lowest BCUT2D eigenvalue weighted by atomic mass is 9.91. The Balaban J connectivity index is 1.54. The molecule has 0 aliphatic heterocycles. The summed E-state index contributed by atoms with van der Waals surface area (Å²) in [6.07, 6.45) is 5.17. The van der Waals surface area contributed by atoms with Gasteiger partial charge < -0.3 is 20.9 Å². The van der Waals surface area contributed by atoms with Crippen LogP contribution in [0, 0.1) is 18.6 Å². The summed E-state index contributed by atoms with van der Waals surface area (Å²) >= 11 is 0. The summed E-state index contributed by atoms with van der Waals surface area (Å²) in [5.41, 5.74) is 1.41. The Kier molecular flexibility index (Phi) is 7.37. The van der Waals surface area contributed by atoms with Crippen molar-refractivity contribution in [3.63, 3.8) is 0 Å². The fourth-order valence-electron chi connectivity index (χ4n) is 3.95. The fraction of sp³-hybridized carbons (Fsp3) is 0.500. The molecule has 0 bridgehead atoms. The van der Waals surface area contributed by atoms with Gasteiger partial charge in [-0.25, -0.2) is 13.8 Å². The van der Waals surface area contributed by atoms with E-state index in [1.165, 1.54) is 6.07 Å². The van der Waals surface area contributed by atoms with Crippen LogP contribution in [0.1, 0.15) is 42.9 Å². The van der Waals surface area contributed by atoms with E-state index in [-0.39, 0.29) is 18.0 Å². The van der Waals surface area contributed by atoms with Crippen LogP contribution in [0.2, 0.25) is 0 Å². The summed E-state index contributed by atoms with van der Waals surface area (Å²) in [6, 6.07) is 3.04. The highest BCUT2D eigenvalue weighted by atomic mass is 19.2. The van der Waals surface area contributed by atoms with Crippen molar-refractivity contribution in [3.05, 3.63) is 47.2 Å². The number of nitrogens with one attached hydrogen (secondary N) is 3. The van der Waals surface area contributed by atoms with Gasteiger partial charge >= 0.3 is 0 Å². The highest BCUT2D eigenvalue weighted by Gasteiger charge is 2.26. The zero-order chi connectivity index (χ0) is 22.5. The lowest BCUT2D eigenvalue weighted by Crippen LogP contribution is -2.44. The number of rotatable bonds is 7. The molecule has 0 saturated heterocycles. The Morgan fingerprint density at radius 2 is 1.81 bits per heavy atom. The molecule has 9 heteroatoms.